The second kappa shape index (κ2) is 4.04. The molecular weight excluding hydrogens is 260 g/mol. The van der Waals surface area contributed by atoms with Gasteiger partial charge in [0, 0.05) is 39.4 Å². The Balaban J connectivity index is 2.59. The van der Waals surface area contributed by atoms with Crippen molar-refractivity contribution in [2.75, 3.05) is 13.1 Å². The van der Waals surface area contributed by atoms with Crippen molar-refractivity contribution in [2.45, 2.75) is 10.9 Å². The van der Waals surface area contributed by atoms with Crippen molar-refractivity contribution in [2.24, 2.45) is 19.8 Å². The molecule has 2 heterocycles. The summed E-state index contributed by atoms with van der Waals surface area (Å²) in [6.45, 7) is 0.378. The molecule has 0 saturated carbocycles. The van der Waals surface area contributed by atoms with Crippen LogP contribution in [0.4, 0.5) is 0 Å². The topological polar surface area (TPSA) is 107 Å². The van der Waals surface area contributed by atoms with Gasteiger partial charge in [-0.05, 0) is 0 Å². The minimum absolute atomic E-state index is 0.189. The van der Waals surface area contributed by atoms with E-state index >= 15 is 0 Å². The molecule has 0 atom stereocenters. The highest BCUT2D eigenvalue weighted by Gasteiger charge is 2.36. The summed E-state index contributed by atoms with van der Waals surface area (Å²) in [6, 6.07) is -0.198. The van der Waals surface area contributed by atoms with Crippen molar-refractivity contribution in [3.8, 4) is 0 Å². The first-order valence-electron chi connectivity index (χ1n) is 5.27. The molecule has 0 bridgehead atoms. The van der Waals surface area contributed by atoms with Crippen LogP contribution < -0.4 is 17.0 Å². The number of nitrogens with zero attached hydrogens (tertiary/aromatic N) is 3. The molecule has 8 nitrogen and oxygen atoms in total. The van der Waals surface area contributed by atoms with E-state index in [1.807, 2.05) is 0 Å². The fraction of sp³-hybridized carbons (Fsp3) is 0.556. The van der Waals surface area contributed by atoms with Crippen molar-refractivity contribution in [3.63, 3.8) is 0 Å². The summed E-state index contributed by atoms with van der Waals surface area (Å²) in [7, 11) is -1.23. The lowest BCUT2D eigenvalue weighted by Gasteiger charge is -2.35. The third kappa shape index (κ3) is 1.80. The van der Waals surface area contributed by atoms with E-state index in [-0.39, 0.29) is 19.1 Å². The Morgan fingerprint density at radius 1 is 1.28 bits per heavy atom. The Morgan fingerprint density at radius 3 is 2.33 bits per heavy atom. The molecule has 2 rings (SSSR count). The Morgan fingerprint density at radius 2 is 1.83 bits per heavy atom. The zero-order valence-electron chi connectivity index (χ0n) is 10.0. The Kier molecular flexibility index (Phi) is 2.92. The molecule has 1 saturated heterocycles. The summed E-state index contributed by atoms with van der Waals surface area (Å²) < 4.78 is 27.2. The summed E-state index contributed by atoms with van der Waals surface area (Å²) in [5.74, 6) is 0. The van der Waals surface area contributed by atoms with Crippen molar-refractivity contribution >= 4 is 10.0 Å². The fourth-order valence-corrected chi connectivity index (χ4v) is 3.46. The predicted octanol–water partition coefficient (Wildman–Crippen LogP) is -2.58. The first-order valence-corrected chi connectivity index (χ1v) is 6.71. The van der Waals surface area contributed by atoms with Crippen LogP contribution in [-0.2, 0) is 24.1 Å². The van der Waals surface area contributed by atoms with E-state index in [2.05, 4.69) is 0 Å². The Labute approximate surface area is 103 Å². The summed E-state index contributed by atoms with van der Waals surface area (Å²) in [4.78, 5) is 22.9. The van der Waals surface area contributed by atoms with E-state index in [0.29, 0.717) is 0 Å². The summed E-state index contributed by atoms with van der Waals surface area (Å²) in [5, 5.41) is 0. The molecule has 1 aliphatic heterocycles. The Hall–Kier alpha value is -1.45. The second-order valence-corrected chi connectivity index (χ2v) is 6.24. The number of aromatic nitrogens is 2. The van der Waals surface area contributed by atoms with E-state index in [4.69, 9.17) is 5.73 Å². The normalized spacial score (nSPS) is 17.7. The lowest BCUT2D eigenvalue weighted by atomic mass is 10.2. The highest BCUT2D eigenvalue weighted by atomic mass is 32.2. The van der Waals surface area contributed by atoms with Gasteiger partial charge in [0.15, 0.2) is 4.90 Å². The van der Waals surface area contributed by atoms with E-state index in [1.165, 1.54) is 14.1 Å². The monoisotopic (exact) mass is 274 g/mol. The van der Waals surface area contributed by atoms with Gasteiger partial charge in [0.25, 0.3) is 5.56 Å². The van der Waals surface area contributed by atoms with Crippen molar-refractivity contribution < 1.29 is 8.42 Å². The van der Waals surface area contributed by atoms with Crippen molar-refractivity contribution in [3.05, 3.63) is 27.0 Å². The molecule has 0 amide bonds. The minimum Gasteiger partial charge on any atom is -0.325 e. The lowest BCUT2D eigenvalue weighted by Crippen LogP contribution is -2.58. The first kappa shape index (κ1) is 13.0. The van der Waals surface area contributed by atoms with Gasteiger partial charge in [0.05, 0.1) is 0 Å². The van der Waals surface area contributed by atoms with Gasteiger partial charge >= 0.3 is 5.69 Å². The largest absolute Gasteiger partial charge is 0.330 e. The number of rotatable bonds is 2. The third-order valence-corrected chi connectivity index (χ3v) is 4.72. The van der Waals surface area contributed by atoms with Gasteiger partial charge in [-0.15, -0.1) is 0 Å². The van der Waals surface area contributed by atoms with Crippen LogP contribution in [-0.4, -0.2) is 41.0 Å². The quantitative estimate of drug-likeness (QED) is 0.637. The van der Waals surface area contributed by atoms with Crippen LogP contribution >= 0.6 is 0 Å². The van der Waals surface area contributed by atoms with Gasteiger partial charge in [0.1, 0.15) is 0 Å². The van der Waals surface area contributed by atoms with Gasteiger partial charge in [-0.3, -0.25) is 9.36 Å². The molecule has 1 aliphatic rings. The van der Waals surface area contributed by atoms with E-state index in [0.717, 1.165) is 19.6 Å². The summed E-state index contributed by atoms with van der Waals surface area (Å²) in [6.07, 6.45) is 1.05. The molecule has 18 heavy (non-hydrogen) atoms. The average molecular weight is 274 g/mol. The molecule has 1 fully saturated rings. The molecule has 0 unspecified atom stereocenters. The van der Waals surface area contributed by atoms with Crippen LogP contribution in [0, 0.1) is 0 Å². The number of aryl methyl sites for hydroxylation is 1. The van der Waals surface area contributed by atoms with Crippen LogP contribution in [0.1, 0.15) is 0 Å². The van der Waals surface area contributed by atoms with E-state index in [9.17, 15) is 18.0 Å². The maximum Gasteiger partial charge on any atom is 0.330 e. The van der Waals surface area contributed by atoms with Gasteiger partial charge in [0.2, 0.25) is 10.0 Å². The third-order valence-electron chi connectivity index (χ3n) is 2.91. The number of sulfonamides is 1. The lowest BCUT2D eigenvalue weighted by molar-refractivity contribution is 0.265. The van der Waals surface area contributed by atoms with Crippen molar-refractivity contribution in [1.29, 1.82) is 0 Å². The molecule has 0 aromatic carbocycles. The molecule has 0 radical (unpaired) electrons. The maximum absolute atomic E-state index is 12.1. The molecular formula is C9H14N4O4S. The highest BCUT2D eigenvalue weighted by molar-refractivity contribution is 7.89. The molecule has 100 valence electrons. The van der Waals surface area contributed by atoms with Crippen LogP contribution in [0.15, 0.2) is 20.7 Å². The van der Waals surface area contributed by atoms with Gasteiger partial charge < -0.3 is 10.3 Å². The zero-order valence-corrected chi connectivity index (χ0v) is 10.8. The molecule has 1 aromatic heterocycles. The molecule has 2 N–H and O–H groups in total. The van der Waals surface area contributed by atoms with Crippen LogP contribution in [0.3, 0.4) is 0 Å². The smallest absolute Gasteiger partial charge is 0.325 e. The highest BCUT2D eigenvalue weighted by Crippen LogP contribution is 2.17. The fourth-order valence-electron chi connectivity index (χ4n) is 1.76. The van der Waals surface area contributed by atoms with E-state index in [1.54, 1.807) is 0 Å². The second-order valence-electron chi connectivity index (χ2n) is 4.33. The van der Waals surface area contributed by atoms with E-state index < -0.39 is 26.2 Å². The minimum atomic E-state index is -3.87. The zero-order chi connectivity index (χ0) is 13.7. The summed E-state index contributed by atoms with van der Waals surface area (Å²) in [5.41, 5.74) is 4.13. The van der Waals surface area contributed by atoms with Gasteiger partial charge in [-0.2, -0.15) is 4.31 Å². The Bertz CT molecular complexity index is 696. The summed E-state index contributed by atoms with van der Waals surface area (Å²) >= 11 is 0. The molecule has 0 spiro atoms. The van der Waals surface area contributed by atoms with Crippen LogP contribution in [0.5, 0.6) is 0 Å². The first-order chi connectivity index (χ1) is 8.25. The molecule has 9 heteroatoms. The SMILES string of the molecule is Cn1cc(S(=O)(=O)N2CC(N)C2)c(=O)n(C)c1=O. The number of nitrogens with two attached hydrogens (primary N) is 1. The number of hydrogen-bond donors (Lipinski definition) is 1. The molecule has 1 aromatic rings. The number of hydrogen-bond acceptors (Lipinski definition) is 5. The standard InChI is InChI=1S/C9H14N4O4S/c1-11-5-7(8(14)12(2)9(11)15)18(16,17)13-3-6(10)4-13/h5-6H,3-4,10H2,1-2H3. The van der Waals surface area contributed by atoms with Crippen LogP contribution in [0.2, 0.25) is 0 Å². The maximum atomic E-state index is 12.1. The van der Waals surface area contributed by atoms with Gasteiger partial charge in [-0.1, -0.05) is 0 Å². The molecule has 0 aliphatic carbocycles. The van der Waals surface area contributed by atoms with Crippen molar-refractivity contribution in [1.82, 2.24) is 13.4 Å². The van der Waals surface area contributed by atoms with Crippen LogP contribution in [0.25, 0.3) is 0 Å². The average Bonchev–Trinajstić information content (AvgIpc) is 2.26. The predicted molar refractivity (Wildman–Crippen MR) is 63.7 cm³/mol. The van der Waals surface area contributed by atoms with Gasteiger partial charge in [-0.25, -0.2) is 13.2 Å².